The quantitative estimate of drug-likeness (QED) is 0.330. The van der Waals surface area contributed by atoms with E-state index in [1.165, 1.54) is 30.0 Å². The molecule has 0 radical (unpaired) electrons. The van der Waals surface area contributed by atoms with Gasteiger partial charge in [-0.1, -0.05) is 0 Å². The monoisotopic (exact) mass is 489 g/mol. The number of aromatic nitrogens is 4. The van der Waals surface area contributed by atoms with E-state index in [1.807, 2.05) is 0 Å². The van der Waals surface area contributed by atoms with Gasteiger partial charge in [-0.05, 0) is 30.7 Å². The Bertz CT molecular complexity index is 1550. The van der Waals surface area contributed by atoms with E-state index >= 15 is 0 Å². The maximum absolute atomic E-state index is 14.3. The molecule has 2 N–H and O–H groups in total. The number of ketones is 1. The molecule has 4 aromatic rings. The van der Waals surface area contributed by atoms with Gasteiger partial charge in [0.05, 0.1) is 23.7 Å². The SMILES string of the molecule is Cc1cc(F)c(C(=O)c2c[nH]c3c(=O)n(Cc4nc5c([nH]4)CC(C(F)(F)F)C=N5)ccc23)c(F)c1. The van der Waals surface area contributed by atoms with Gasteiger partial charge in [0.25, 0.3) is 5.56 Å². The third kappa shape index (κ3) is 3.94. The topological polar surface area (TPSA) is 95.9 Å². The van der Waals surface area contributed by atoms with Crippen molar-refractivity contribution in [2.45, 2.75) is 26.1 Å². The van der Waals surface area contributed by atoms with Crippen LogP contribution in [0, 0.1) is 24.5 Å². The molecule has 1 aromatic carbocycles. The molecule has 4 heterocycles. The van der Waals surface area contributed by atoms with Crippen LogP contribution in [0.25, 0.3) is 10.9 Å². The summed E-state index contributed by atoms with van der Waals surface area (Å²) >= 11 is 0. The second-order valence-corrected chi connectivity index (χ2v) is 8.29. The van der Waals surface area contributed by atoms with E-state index in [1.54, 1.807) is 0 Å². The molecule has 0 aliphatic carbocycles. The number of imidazole rings is 1. The van der Waals surface area contributed by atoms with Crippen molar-refractivity contribution in [1.29, 1.82) is 0 Å². The highest BCUT2D eigenvalue weighted by Crippen LogP contribution is 2.33. The Morgan fingerprint density at radius 3 is 2.63 bits per heavy atom. The molecule has 0 saturated carbocycles. The highest BCUT2D eigenvalue weighted by molar-refractivity contribution is 6.16. The normalized spacial score (nSPS) is 15.5. The molecule has 0 bridgehead atoms. The van der Waals surface area contributed by atoms with Crippen LogP contribution in [0.1, 0.15) is 33.0 Å². The van der Waals surface area contributed by atoms with Crippen LogP contribution < -0.4 is 5.56 Å². The number of aliphatic imine (C=N–C) groups is 1. The lowest BCUT2D eigenvalue weighted by molar-refractivity contribution is -0.154. The first-order chi connectivity index (χ1) is 16.5. The van der Waals surface area contributed by atoms with Crippen molar-refractivity contribution in [3.05, 3.63) is 80.8 Å². The summed E-state index contributed by atoms with van der Waals surface area (Å²) in [6, 6.07) is 3.52. The highest BCUT2D eigenvalue weighted by atomic mass is 19.4. The van der Waals surface area contributed by atoms with Gasteiger partial charge in [-0.3, -0.25) is 9.59 Å². The minimum atomic E-state index is -4.43. The summed E-state index contributed by atoms with van der Waals surface area (Å²) in [4.78, 5) is 39.2. The zero-order valence-electron chi connectivity index (χ0n) is 18.0. The van der Waals surface area contributed by atoms with Crippen LogP contribution in [0.2, 0.25) is 0 Å². The van der Waals surface area contributed by atoms with E-state index in [0.717, 1.165) is 18.3 Å². The number of carbonyl (C=O) groups is 1. The lowest BCUT2D eigenvalue weighted by Gasteiger charge is -2.17. The summed E-state index contributed by atoms with van der Waals surface area (Å²) in [5.74, 6) is -4.30. The predicted molar refractivity (Wildman–Crippen MR) is 116 cm³/mol. The maximum Gasteiger partial charge on any atom is 0.397 e. The minimum Gasteiger partial charge on any atom is -0.356 e. The zero-order valence-corrected chi connectivity index (χ0v) is 18.0. The number of hydrogen-bond acceptors (Lipinski definition) is 4. The second kappa shape index (κ2) is 8.00. The van der Waals surface area contributed by atoms with Crippen LogP contribution in [-0.4, -0.2) is 37.7 Å². The molecule has 7 nitrogen and oxygen atoms in total. The van der Waals surface area contributed by atoms with E-state index in [2.05, 4.69) is 19.9 Å². The molecule has 12 heteroatoms. The average molecular weight is 489 g/mol. The summed E-state index contributed by atoms with van der Waals surface area (Å²) in [5, 5.41) is 0.173. The van der Waals surface area contributed by atoms with Crippen LogP contribution in [0.3, 0.4) is 0 Å². The van der Waals surface area contributed by atoms with E-state index < -0.39 is 40.6 Å². The Hall–Kier alpha value is -4.09. The van der Waals surface area contributed by atoms with Gasteiger partial charge in [0.2, 0.25) is 5.78 Å². The van der Waals surface area contributed by atoms with Gasteiger partial charge in [-0.25, -0.2) is 18.8 Å². The van der Waals surface area contributed by atoms with Crippen molar-refractivity contribution in [3.8, 4) is 0 Å². The van der Waals surface area contributed by atoms with Gasteiger partial charge in [-0.15, -0.1) is 0 Å². The molecule has 0 fully saturated rings. The van der Waals surface area contributed by atoms with Crippen LogP contribution in [0.15, 0.2) is 40.4 Å². The molecule has 0 spiro atoms. The van der Waals surface area contributed by atoms with Crippen molar-refractivity contribution >= 4 is 28.7 Å². The van der Waals surface area contributed by atoms with Crippen molar-refractivity contribution in [1.82, 2.24) is 19.5 Å². The Kier molecular flexibility index (Phi) is 5.18. The third-order valence-electron chi connectivity index (χ3n) is 5.82. The molecule has 180 valence electrons. The number of aryl methyl sites for hydroxylation is 1. The number of hydrogen-bond donors (Lipinski definition) is 2. The van der Waals surface area contributed by atoms with Crippen molar-refractivity contribution in [2.24, 2.45) is 10.9 Å². The zero-order chi connectivity index (χ0) is 25.1. The molecule has 35 heavy (non-hydrogen) atoms. The number of carbonyl (C=O) groups excluding carboxylic acids is 1. The first kappa shape index (κ1) is 22.7. The van der Waals surface area contributed by atoms with Crippen LogP contribution in [0.5, 0.6) is 0 Å². The second-order valence-electron chi connectivity index (χ2n) is 8.29. The Balaban J connectivity index is 1.45. The fourth-order valence-corrected chi connectivity index (χ4v) is 4.10. The number of benzene rings is 1. The average Bonchev–Trinajstić information content (AvgIpc) is 3.37. The lowest BCUT2D eigenvalue weighted by atomic mass is 10.0. The minimum absolute atomic E-state index is 0.0234. The lowest BCUT2D eigenvalue weighted by Crippen LogP contribution is -2.27. The summed E-state index contributed by atoms with van der Waals surface area (Å²) in [6.07, 6.45) is -1.39. The van der Waals surface area contributed by atoms with Gasteiger partial charge in [0.1, 0.15) is 23.0 Å². The molecule has 1 aliphatic heterocycles. The fourth-order valence-electron chi connectivity index (χ4n) is 4.10. The third-order valence-corrected chi connectivity index (χ3v) is 5.82. The Labute approximate surface area is 193 Å². The number of halogens is 5. The van der Waals surface area contributed by atoms with E-state index in [9.17, 15) is 31.5 Å². The molecule has 1 aliphatic rings. The predicted octanol–water partition coefficient (Wildman–Crippen LogP) is 4.36. The van der Waals surface area contributed by atoms with Crippen molar-refractivity contribution in [3.63, 3.8) is 0 Å². The summed E-state index contributed by atoms with van der Waals surface area (Å²) < 4.78 is 68.8. The van der Waals surface area contributed by atoms with Gasteiger partial charge in [0, 0.05) is 36.0 Å². The summed E-state index contributed by atoms with van der Waals surface area (Å²) in [7, 11) is 0. The van der Waals surface area contributed by atoms with Crippen LogP contribution >= 0.6 is 0 Å². The molecule has 5 rings (SSSR count). The first-order valence-corrected chi connectivity index (χ1v) is 10.4. The highest BCUT2D eigenvalue weighted by Gasteiger charge is 2.40. The molecular weight excluding hydrogens is 473 g/mol. The first-order valence-electron chi connectivity index (χ1n) is 10.4. The Morgan fingerprint density at radius 2 is 1.94 bits per heavy atom. The number of aromatic amines is 2. The maximum atomic E-state index is 14.3. The largest absolute Gasteiger partial charge is 0.397 e. The van der Waals surface area contributed by atoms with Gasteiger partial charge < -0.3 is 14.5 Å². The van der Waals surface area contributed by atoms with Crippen molar-refractivity contribution in [2.75, 3.05) is 0 Å². The van der Waals surface area contributed by atoms with E-state index in [-0.39, 0.29) is 46.8 Å². The van der Waals surface area contributed by atoms with Gasteiger partial charge in [-0.2, -0.15) is 13.2 Å². The summed E-state index contributed by atoms with van der Waals surface area (Å²) in [5.41, 5.74) is -0.800. The van der Waals surface area contributed by atoms with Crippen LogP contribution in [0.4, 0.5) is 27.8 Å². The number of pyridine rings is 1. The Morgan fingerprint density at radius 1 is 1.23 bits per heavy atom. The smallest absolute Gasteiger partial charge is 0.356 e. The number of fused-ring (bicyclic) bond motifs is 2. The number of H-pyrrole nitrogens is 2. The van der Waals surface area contributed by atoms with Crippen LogP contribution in [-0.2, 0) is 13.0 Å². The molecule has 3 aromatic heterocycles. The molecular formula is C23H16F5N5O2. The standard InChI is InChI=1S/C23H16F5N5O2/c1-10-4-14(24)18(15(25)5-10)20(34)13-8-29-19-12(13)2-3-33(22(19)35)9-17-31-16-6-11(23(26,27)28)7-30-21(16)32-17/h2-5,7-8,11,29H,6,9H2,1H3,(H,31,32). The number of rotatable bonds is 4. The van der Waals surface area contributed by atoms with E-state index in [0.29, 0.717) is 5.56 Å². The number of nitrogens with one attached hydrogen (secondary N) is 2. The molecule has 1 atom stereocenters. The molecule has 0 saturated heterocycles. The van der Waals surface area contributed by atoms with Gasteiger partial charge >= 0.3 is 6.18 Å². The van der Waals surface area contributed by atoms with Crippen molar-refractivity contribution < 1.29 is 26.7 Å². The summed E-state index contributed by atoms with van der Waals surface area (Å²) in [6.45, 7) is 1.39. The number of nitrogens with zero attached hydrogens (tertiary/aromatic N) is 3. The molecule has 1 unspecified atom stereocenters. The van der Waals surface area contributed by atoms with E-state index in [4.69, 9.17) is 0 Å². The number of alkyl halides is 3. The molecule has 0 amide bonds. The fraction of sp³-hybridized carbons (Fsp3) is 0.217. The van der Waals surface area contributed by atoms with Gasteiger partial charge in [0.15, 0.2) is 5.82 Å².